The fraction of sp³-hybridized carbons (Fsp3) is 0.421. The van der Waals surface area contributed by atoms with Gasteiger partial charge >= 0.3 is 5.97 Å². The van der Waals surface area contributed by atoms with Crippen LogP contribution in [0.2, 0.25) is 0 Å². The molecule has 0 fully saturated rings. The number of aromatic nitrogens is 1. The van der Waals surface area contributed by atoms with Gasteiger partial charge in [-0.25, -0.2) is 4.79 Å². The van der Waals surface area contributed by atoms with E-state index in [0.29, 0.717) is 12.1 Å². The molecule has 2 rings (SSSR count). The summed E-state index contributed by atoms with van der Waals surface area (Å²) in [4.78, 5) is 12.0. The number of aryl methyl sites for hydroxylation is 1. The van der Waals surface area contributed by atoms with E-state index < -0.39 is 11.7 Å². The molecule has 0 amide bonds. The number of esters is 1. The first-order chi connectivity index (χ1) is 11.2. The summed E-state index contributed by atoms with van der Waals surface area (Å²) in [5.74, 6) is 0.355. The molecule has 1 aromatic carbocycles. The first-order valence-corrected chi connectivity index (χ1v) is 7.99. The lowest BCUT2D eigenvalue weighted by Gasteiger charge is -2.18. The number of hydrogen-bond donors (Lipinski definition) is 1. The molecule has 0 saturated carbocycles. The fourth-order valence-electron chi connectivity index (χ4n) is 2.14. The molecule has 0 bridgehead atoms. The first kappa shape index (κ1) is 18.1. The van der Waals surface area contributed by atoms with Crippen LogP contribution in [0.5, 0.6) is 5.75 Å². The van der Waals surface area contributed by atoms with Gasteiger partial charge in [0, 0.05) is 12.4 Å². The maximum atomic E-state index is 12.0. The third-order valence-electron chi connectivity index (χ3n) is 3.27. The standard InChI is InChI=1S/C19H25NO4/c1-14-5-7-17(8-6-14)23-13-16(21)12-20-10-9-15(11-20)18(22)24-19(2,3)4/h5-11,16,21H,12-13H2,1-4H3. The van der Waals surface area contributed by atoms with Gasteiger partial charge in [-0.15, -0.1) is 0 Å². The molecule has 1 heterocycles. The van der Waals surface area contributed by atoms with E-state index in [9.17, 15) is 9.90 Å². The molecule has 5 nitrogen and oxygen atoms in total. The Bertz CT molecular complexity index is 667. The third kappa shape index (κ3) is 5.74. The van der Waals surface area contributed by atoms with Crippen molar-refractivity contribution < 1.29 is 19.4 Å². The van der Waals surface area contributed by atoms with Crippen LogP contribution in [0.25, 0.3) is 0 Å². The van der Waals surface area contributed by atoms with Crippen molar-refractivity contribution in [3.05, 3.63) is 53.9 Å². The zero-order valence-electron chi connectivity index (χ0n) is 14.7. The SMILES string of the molecule is Cc1ccc(OCC(O)Cn2ccc(C(=O)OC(C)(C)C)c2)cc1. The number of aliphatic hydroxyl groups is 1. The van der Waals surface area contributed by atoms with Crippen molar-refractivity contribution in [2.45, 2.75) is 45.9 Å². The highest BCUT2D eigenvalue weighted by atomic mass is 16.6. The van der Waals surface area contributed by atoms with Crippen molar-refractivity contribution in [1.82, 2.24) is 4.57 Å². The monoisotopic (exact) mass is 331 g/mol. The molecule has 1 N–H and O–H groups in total. The molecule has 24 heavy (non-hydrogen) atoms. The number of aliphatic hydroxyl groups excluding tert-OH is 1. The first-order valence-electron chi connectivity index (χ1n) is 7.99. The Morgan fingerprint density at radius 1 is 1.21 bits per heavy atom. The molecule has 0 aliphatic heterocycles. The van der Waals surface area contributed by atoms with Crippen molar-refractivity contribution in [3.8, 4) is 5.75 Å². The summed E-state index contributed by atoms with van der Waals surface area (Å²) in [7, 11) is 0. The van der Waals surface area contributed by atoms with E-state index in [1.54, 1.807) is 23.0 Å². The van der Waals surface area contributed by atoms with Crippen molar-refractivity contribution in [2.75, 3.05) is 6.61 Å². The van der Waals surface area contributed by atoms with E-state index in [2.05, 4.69) is 0 Å². The molecule has 130 valence electrons. The molecule has 0 spiro atoms. The summed E-state index contributed by atoms with van der Waals surface area (Å²) in [6.07, 6.45) is 2.74. The van der Waals surface area contributed by atoms with Gasteiger partial charge in [-0.05, 0) is 45.9 Å². The number of carbonyl (C=O) groups is 1. The largest absolute Gasteiger partial charge is 0.491 e. The van der Waals surface area contributed by atoms with E-state index in [-0.39, 0.29) is 12.6 Å². The maximum Gasteiger partial charge on any atom is 0.340 e. The molecule has 0 aliphatic carbocycles. The van der Waals surface area contributed by atoms with E-state index >= 15 is 0 Å². The van der Waals surface area contributed by atoms with Crippen LogP contribution >= 0.6 is 0 Å². The molecular formula is C19H25NO4. The molecule has 1 unspecified atom stereocenters. The summed E-state index contributed by atoms with van der Waals surface area (Å²) >= 11 is 0. The van der Waals surface area contributed by atoms with Gasteiger partial charge in [0.2, 0.25) is 0 Å². The Hall–Kier alpha value is -2.27. The molecule has 0 radical (unpaired) electrons. The number of hydrogen-bond acceptors (Lipinski definition) is 4. The zero-order chi connectivity index (χ0) is 17.7. The van der Waals surface area contributed by atoms with E-state index in [4.69, 9.17) is 9.47 Å². The minimum Gasteiger partial charge on any atom is -0.491 e. The number of rotatable bonds is 6. The topological polar surface area (TPSA) is 60.7 Å². The highest BCUT2D eigenvalue weighted by molar-refractivity contribution is 5.89. The van der Waals surface area contributed by atoms with Gasteiger partial charge in [0.15, 0.2) is 0 Å². The summed E-state index contributed by atoms with van der Waals surface area (Å²) in [5, 5.41) is 10.1. The van der Waals surface area contributed by atoms with Crippen LogP contribution in [-0.4, -0.2) is 34.0 Å². The molecule has 0 aliphatic rings. The summed E-state index contributed by atoms with van der Waals surface area (Å²) in [6.45, 7) is 8.01. The minimum atomic E-state index is -0.676. The van der Waals surface area contributed by atoms with Crippen molar-refractivity contribution >= 4 is 5.97 Å². The lowest BCUT2D eigenvalue weighted by Crippen LogP contribution is -2.24. The molecule has 0 saturated heterocycles. The van der Waals surface area contributed by atoms with Gasteiger partial charge < -0.3 is 19.1 Å². The van der Waals surface area contributed by atoms with Crippen LogP contribution in [0.1, 0.15) is 36.7 Å². The van der Waals surface area contributed by atoms with E-state index in [0.717, 1.165) is 11.3 Å². The summed E-state index contributed by atoms with van der Waals surface area (Å²) in [5.41, 5.74) is 1.10. The van der Waals surface area contributed by atoms with Crippen molar-refractivity contribution in [1.29, 1.82) is 0 Å². The van der Waals surface area contributed by atoms with Crippen LogP contribution in [0.4, 0.5) is 0 Å². The Labute approximate surface area is 142 Å². The fourth-order valence-corrected chi connectivity index (χ4v) is 2.14. The van der Waals surface area contributed by atoms with Gasteiger partial charge in [0.05, 0.1) is 12.1 Å². The predicted octanol–water partition coefficient (Wildman–Crippen LogP) is 3.19. The normalized spacial score (nSPS) is 12.7. The predicted molar refractivity (Wildman–Crippen MR) is 92.3 cm³/mol. The highest BCUT2D eigenvalue weighted by Gasteiger charge is 2.19. The van der Waals surface area contributed by atoms with Gasteiger partial charge in [-0.2, -0.15) is 0 Å². The van der Waals surface area contributed by atoms with Crippen LogP contribution in [-0.2, 0) is 11.3 Å². The van der Waals surface area contributed by atoms with Gasteiger partial charge in [0.1, 0.15) is 24.1 Å². The molecule has 2 aromatic rings. The second kappa shape index (κ2) is 7.53. The molecular weight excluding hydrogens is 306 g/mol. The number of ether oxygens (including phenoxy) is 2. The third-order valence-corrected chi connectivity index (χ3v) is 3.27. The second-order valence-electron chi connectivity index (χ2n) is 6.88. The second-order valence-corrected chi connectivity index (χ2v) is 6.88. The van der Waals surface area contributed by atoms with Crippen LogP contribution in [0, 0.1) is 6.92 Å². The van der Waals surface area contributed by atoms with Crippen LogP contribution in [0.3, 0.4) is 0 Å². The highest BCUT2D eigenvalue weighted by Crippen LogP contribution is 2.14. The molecule has 1 aromatic heterocycles. The number of benzene rings is 1. The quantitative estimate of drug-likeness (QED) is 0.826. The Balaban J connectivity index is 1.85. The minimum absolute atomic E-state index is 0.184. The maximum absolute atomic E-state index is 12.0. The van der Waals surface area contributed by atoms with Crippen LogP contribution in [0.15, 0.2) is 42.7 Å². The lowest BCUT2D eigenvalue weighted by molar-refractivity contribution is 0.00691. The zero-order valence-corrected chi connectivity index (χ0v) is 14.7. The van der Waals surface area contributed by atoms with Crippen molar-refractivity contribution in [2.24, 2.45) is 0 Å². The Morgan fingerprint density at radius 3 is 2.50 bits per heavy atom. The summed E-state index contributed by atoms with van der Waals surface area (Å²) < 4.78 is 12.6. The van der Waals surface area contributed by atoms with Gasteiger partial charge in [-0.3, -0.25) is 0 Å². The Kier molecular flexibility index (Phi) is 5.67. The van der Waals surface area contributed by atoms with E-state index in [1.165, 1.54) is 0 Å². The van der Waals surface area contributed by atoms with Gasteiger partial charge in [-0.1, -0.05) is 17.7 Å². The van der Waals surface area contributed by atoms with Crippen LogP contribution < -0.4 is 4.74 Å². The molecule has 1 atom stereocenters. The Morgan fingerprint density at radius 2 is 1.88 bits per heavy atom. The van der Waals surface area contributed by atoms with Crippen molar-refractivity contribution in [3.63, 3.8) is 0 Å². The number of nitrogens with zero attached hydrogens (tertiary/aromatic N) is 1. The lowest BCUT2D eigenvalue weighted by atomic mass is 10.2. The average molecular weight is 331 g/mol. The van der Waals surface area contributed by atoms with E-state index in [1.807, 2.05) is 52.0 Å². The average Bonchev–Trinajstić information content (AvgIpc) is 2.93. The molecule has 5 heteroatoms. The summed E-state index contributed by atoms with van der Waals surface area (Å²) in [6, 6.07) is 9.35. The smallest absolute Gasteiger partial charge is 0.340 e. The number of carbonyl (C=O) groups excluding carboxylic acids is 1. The van der Waals surface area contributed by atoms with Gasteiger partial charge in [0.25, 0.3) is 0 Å².